The zero-order chi connectivity index (χ0) is 13.4. The van der Waals surface area contributed by atoms with Gasteiger partial charge < -0.3 is 10.6 Å². The molecule has 0 radical (unpaired) electrons. The molecule has 2 heterocycles. The average molecular weight is 262 g/mol. The first-order chi connectivity index (χ1) is 9.15. The van der Waals surface area contributed by atoms with E-state index >= 15 is 0 Å². The summed E-state index contributed by atoms with van der Waals surface area (Å²) >= 11 is 0. The molecule has 1 aromatic heterocycles. The Morgan fingerprint density at radius 1 is 1.37 bits per heavy atom. The second-order valence-corrected chi connectivity index (χ2v) is 5.54. The first kappa shape index (κ1) is 12.3. The topological polar surface area (TPSA) is 92.1 Å². The summed E-state index contributed by atoms with van der Waals surface area (Å²) in [5.74, 6) is 0.828. The van der Waals surface area contributed by atoms with Crippen LogP contribution < -0.4 is 11.3 Å². The quantitative estimate of drug-likeness (QED) is 0.743. The van der Waals surface area contributed by atoms with Crippen molar-refractivity contribution in [3.05, 3.63) is 28.2 Å². The van der Waals surface area contributed by atoms with Gasteiger partial charge in [-0.2, -0.15) is 5.10 Å². The van der Waals surface area contributed by atoms with Crippen LogP contribution >= 0.6 is 0 Å². The van der Waals surface area contributed by atoms with E-state index in [2.05, 4.69) is 10.2 Å². The summed E-state index contributed by atoms with van der Waals surface area (Å²) in [6, 6.07) is 3.01. The van der Waals surface area contributed by atoms with Crippen LogP contribution in [0.1, 0.15) is 29.8 Å². The summed E-state index contributed by atoms with van der Waals surface area (Å²) in [5, 5.41) is 6.10. The number of nitrogens with one attached hydrogen (secondary N) is 1. The lowest BCUT2D eigenvalue weighted by Gasteiger charge is -2.29. The molecular formula is C13H18N4O2. The largest absolute Gasteiger partial charge is 0.337 e. The number of aromatic amines is 1. The molecule has 3 atom stereocenters. The number of H-pyrrole nitrogens is 1. The van der Waals surface area contributed by atoms with E-state index in [1.165, 1.54) is 12.1 Å². The summed E-state index contributed by atoms with van der Waals surface area (Å²) in [7, 11) is 0. The number of carbonyl (C=O) groups excluding carboxylic acids is 1. The lowest BCUT2D eigenvalue weighted by Crippen LogP contribution is -2.38. The molecule has 1 amide bonds. The van der Waals surface area contributed by atoms with Gasteiger partial charge in [-0.3, -0.25) is 9.59 Å². The van der Waals surface area contributed by atoms with Crippen LogP contribution in [-0.2, 0) is 0 Å². The maximum absolute atomic E-state index is 12.3. The summed E-state index contributed by atoms with van der Waals surface area (Å²) in [6.45, 7) is 1.48. The lowest BCUT2D eigenvalue weighted by molar-refractivity contribution is 0.0776. The van der Waals surface area contributed by atoms with Gasteiger partial charge >= 0.3 is 0 Å². The van der Waals surface area contributed by atoms with Crippen molar-refractivity contribution in [1.29, 1.82) is 0 Å². The average Bonchev–Trinajstić information content (AvgIpc) is 2.84. The first-order valence-corrected chi connectivity index (χ1v) is 6.76. The number of fused-ring (bicyclic) bond motifs is 1. The van der Waals surface area contributed by atoms with Crippen molar-refractivity contribution in [2.75, 3.05) is 13.1 Å². The standard InChI is InChI=1S/C13H18N4O2/c14-10-3-1-2-8-6-17(7-9(8)10)13(19)11-4-5-12(18)16-15-11/h4-5,8-10H,1-3,6-7,14H2,(H,16,18). The monoisotopic (exact) mass is 262 g/mol. The van der Waals surface area contributed by atoms with E-state index in [9.17, 15) is 9.59 Å². The molecule has 2 fully saturated rings. The highest BCUT2D eigenvalue weighted by Gasteiger charge is 2.40. The fourth-order valence-electron chi connectivity index (χ4n) is 3.31. The first-order valence-electron chi connectivity index (χ1n) is 6.76. The molecular weight excluding hydrogens is 244 g/mol. The number of nitrogens with two attached hydrogens (primary N) is 1. The minimum absolute atomic E-state index is 0.113. The highest BCUT2D eigenvalue weighted by atomic mass is 16.2. The number of amides is 1. The molecule has 1 saturated heterocycles. The van der Waals surface area contributed by atoms with Crippen molar-refractivity contribution in [2.24, 2.45) is 17.6 Å². The van der Waals surface area contributed by atoms with E-state index in [1.807, 2.05) is 4.90 Å². The summed E-state index contributed by atoms with van der Waals surface area (Å²) in [6.07, 6.45) is 3.36. The molecule has 0 bridgehead atoms. The Balaban J connectivity index is 1.75. The molecule has 3 rings (SSSR count). The Kier molecular flexibility index (Phi) is 3.10. The van der Waals surface area contributed by atoms with E-state index in [1.54, 1.807) is 0 Å². The van der Waals surface area contributed by atoms with Crippen molar-refractivity contribution in [2.45, 2.75) is 25.3 Å². The highest BCUT2D eigenvalue weighted by Crippen LogP contribution is 2.35. The predicted octanol–water partition coefficient (Wildman–Crippen LogP) is -0.0307. The van der Waals surface area contributed by atoms with Crippen molar-refractivity contribution >= 4 is 5.91 Å². The van der Waals surface area contributed by atoms with Gasteiger partial charge in [-0.15, -0.1) is 0 Å². The van der Waals surface area contributed by atoms with Gasteiger partial charge in [-0.05, 0) is 30.7 Å². The maximum Gasteiger partial charge on any atom is 0.274 e. The van der Waals surface area contributed by atoms with E-state index in [4.69, 9.17) is 5.73 Å². The molecule has 3 N–H and O–H groups in total. The second-order valence-electron chi connectivity index (χ2n) is 5.54. The third kappa shape index (κ3) is 2.28. The predicted molar refractivity (Wildman–Crippen MR) is 69.6 cm³/mol. The summed E-state index contributed by atoms with van der Waals surface area (Å²) in [4.78, 5) is 25.1. The zero-order valence-corrected chi connectivity index (χ0v) is 10.7. The third-order valence-corrected chi connectivity index (χ3v) is 4.34. The third-order valence-electron chi connectivity index (χ3n) is 4.34. The molecule has 6 heteroatoms. The minimum atomic E-state index is -0.298. The molecule has 1 saturated carbocycles. The number of hydrogen-bond donors (Lipinski definition) is 2. The molecule has 0 aromatic carbocycles. The van der Waals surface area contributed by atoms with E-state index < -0.39 is 0 Å². The van der Waals surface area contributed by atoms with Crippen molar-refractivity contribution in [1.82, 2.24) is 15.1 Å². The van der Waals surface area contributed by atoms with Crippen LogP contribution in [0.15, 0.2) is 16.9 Å². The van der Waals surface area contributed by atoms with Crippen LogP contribution in [0, 0.1) is 11.8 Å². The van der Waals surface area contributed by atoms with Crippen molar-refractivity contribution < 1.29 is 4.79 Å². The summed E-state index contributed by atoms with van der Waals surface area (Å²) in [5.41, 5.74) is 6.14. The van der Waals surface area contributed by atoms with Crippen LogP contribution in [0.3, 0.4) is 0 Å². The van der Waals surface area contributed by atoms with Gasteiger partial charge in [0.25, 0.3) is 11.5 Å². The molecule has 2 aliphatic rings. The smallest absolute Gasteiger partial charge is 0.274 e. The SMILES string of the molecule is NC1CCCC2CN(C(=O)c3ccc(=O)[nH]n3)CC12. The number of aromatic nitrogens is 2. The number of carbonyl (C=O) groups is 1. The number of rotatable bonds is 1. The zero-order valence-electron chi connectivity index (χ0n) is 10.7. The van der Waals surface area contributed by atoms with Crippen LogP contribution in [0.2, 0.25) is 0 Å². The molecule has 0 spiro atoms. The highest BCUT2D eigenvalue weighted by molar-refractivity contribution is 5.92. The van der Waals surface area contributed by atoms with Gasteiger partial charge in [0, 0.05) is 25.2 Å². The number of likely N-dealkylation sites (tertiary alicyclic amines) is 1. The molecule has 3 unspecified atom stereocenters. The normalized spacial score (nSPS) is 30.2. The number of hydrogen-bond acceptors (Lipinski definition) is 4. The molecule has 102 valence electrons. The van der Waals surface area contributed by atoms with Crippen molar-refractivity contribution in [3.8, 4) is 0 Å². The Bertz CT molecular complexity index is 521. The van der Waals surface area contributed by atoms with E-state index in [0.717, 1.165) is 25.8 Å². The second kappa shape index (κ2) is 4.77. The van der Waals surface area contributed by atoms with Crippen LogP contribution in [0.25, 0.3) is 0 Å². The molecule has 19 heavy (non-hydrogen) atoms. The molecule has 1 aliphatic heterocycles. The Hall–Kier alpha value is -1.69. The maximum atomic E-state index is 12.3. The number of nitrogens with zero attached hydrogens (tertiary/aromatic N) is 2. The Labute approximate surface area is 111 Å². The van der Waals surface area contributed by atoms with Crippen LogP contribution in [-0.4, -0.2) is 40.1 Å². The van der Waals surface area contributed by atoms with Gasteiger partial charge in [0.2, 0.25) is 0 Å². The van der Waals surface area contributed by atoms with Gasteiger partial charge in [0.15, 0.2) is 0 Å². The molecule has 1 aliphatic carbocycles. The van der Waals surface area contributed by atoms with Gasteiger partial charge in [-0.1, -0.05) is 6.42 Å². The van der Waals surface area contributed by atoms with Crippen molar-refractivity contribution in [3.63, 3.8) is 0 Å². The molecule has 6 nitrogen and oxygen atoms in total. The lowest BCUT2D eigenvalue weighted by atomic mass is 9.78. The minimum Gasteiger partial charge on any atom is -0.337 e. The summed E-state index contributed by atoms with van der Waals surface area (Å²) < 4.78 is 0. The Morgan fingerprint density at radius 2 is 2.21 bits per heavy atom. The fraction of sp³-hybridized carbons (Fsp3) is 0.615. The molecule has 1 aromatic rings. The fourth-order valence-corrected chi connectivity index (χ4v) is 3.31. The van der Waals surface area contributed by atoms with Crippen LogP contribution in [0.4, 0.5) is 0 Å². The van der Waals surface area contributed by atoms with Gasteiger partial charge in [0.1, 0.15) is 5.69 Å². The van der Waals surface area contributed by atoms with Crippen LogP contribution in [0.5, 0.6) is 0 Å². The Morgan fingerprint density at radius 3 is 2.89 bits per heavy atom. The van der Waals surface area contributed by atoms with E-state index in [-0.39, 0.29) is 17.5 Å². The van der Waals surface area contributed by atoms with E-state index in [0.29, 0.717) is 24.1 Å². The van der Waals surface area contributed by atoms with Gasteiger partial charge in [-0.25, -0.2) is 5.10 Å². The van der Waals surface area contributed by atoms with Gasteiger partial charge in [0.05, 0.1) is 0 Å².